The summed E-state index contributed by atoms with van der Waals surface area (Å²) in [4.78, 5) is 12.2. The molecule has 2 N–H and O–H groups in total. The minimum absolute atomic E-state index is 0.178. The van der Waals surface area contributed by atoms with Gasteiger partial charge in [-0.05, 0) is 36.6 Å². The minimum Gasteiger partial charge on any atom is -0.377 e. The van der Waals surface area contributed by atoms with Crippen molar-refractivity contribution in [2.75, 3.05) is 31.2 Å². The number of aromatic nitrogens is 2. The number of benzene rings is 1. The molecular weight excluding hydrogens is 350 g/mol. The molecule has 1 unspecified atom stereocenters. The average molecular weight is 375 g/mol. The summed E-state index contributed by atoms with van der Waals surface area (Å²) in [6, 6.07) is 15.3. The summed E-state index contributed by atoms with van der Waals surface area (Å²) < 4.78 is 5.64. The molecule has 5 rings (SSSR count). The molecule has 0 spiro atoms. The summed E-state index contributed by atoms with van der Waals surface area (Å²) >= 11 is 0. The van der Waals surface area contributed by atoms with Crippen LogP contribution in [0.1, 0.15) is 25.1 Å². The van der Waals surface area contributed by atoms with Gasteiger partial charge in [0.25, 0.3) is 0 Å². The molecule has 2 aromatic heterocycles. The van der Waals surface area contributed by atoms with Crippen LogP contribution in [0.25, 0.3) is 22.0 Å². The lowest BCUT2D eigenvalue weighted by molar-refractivity contribution is 0.0986. The van der Waals surface area contributed by atoms with Crippen LogP contribution in [-0.4, -0.2) is 42.3 Å². The minimum atomic E-state index is 0.178. The number of nitrogens with zero attached hydrogens (tertiary/aromatic N) is 3. The summed E-state index contributed by atoms with van der Waals surface area (Å²) in [5.41, 5.74) is 11.0. The fraction of sp³-hybridized carbons (Fsp3) is 0.364. The number of morpholine rings is 1. The lowest BCUT2D eigenvalue weighted by Crippen LogP contribution is -2.44. The zero-order valence-corrected chi connectivity index (χ0v) is 16.1. The van der Waals surface area contributed by atoms with E-state index < -0.39 is 0 Å². The number of nitrogens with one attached hydrogen (secondary N) is 2. The van der Waals surface area contributed by atoms with Crippen LogP contribution in [0.3, 0.4) is 0 Å². The number of anilines is 1. The highest BCUT2D eigenvalue weighted by Crippen LogP contribution is 2.35. The van der Waals surface area contributed by atoms with Crippen molar-refractivity contribution in [3.05, 3.63) is 54.4 Å². The zero-order valence-electron chi connectivity index (χ0n) is 16.1. The van der Waals surface area contributed by atoms with Crippen LogP contribution in [0.15, 0.2) is 48.7 Å². The number of hydrogen-bond acceptors (Lipinski definition) is 6. The number of hydrazine groups is 1. The van der Waals surface area contributed by atoms with Crippen molar-refractivity contribution >= 4 is 16.7 Å². The second-order valence-corrected chi connectivity index (χ2v) is 7.52. The van der Waals surface area contributed by atoms with Crippen molar-refractivity contribution in [1.29, 1.82) is 0 Å². The molecule has 6 nitrogen and oxygen atoms in total. The predicted molar refractivity (Wildman–Crippen MR) is 111 cm³/mol. The number of rotatable bonds is 3. The van der Waals surface area contributed by atoms with Gasteiger partial charge in [-0.3, -0.25) is 10.4 Å². The van der Waals surface area contributed by atoms with Crippen LogP contribution >= 0.6 is 0 Å². The van der Waals surface area contributed by atoms with E-state index in [1.54, 1.807) is 0 Å². The van der Waals surface area contributed by atoms with Crippen molar-refractivity contribution in [2.24, 2.45) is 0 Å². The number of ether oxygens (including phenoxy) is 1. The molecular formula is C22H25N5O. The van der Waals surface area contributed by atoms with Gasteiger partial charge in [0.2, 0.25) is 0 Å². The van der Waals surface area contributed by atoms with Crippen LogP contribution in [0, 0.1) is 0 Å². The van der Waals surface area contributed by atoms with E-state index in [4.69, 9.17) is 14.7 Å². The van der Waals surface area contributed by atoms with Crippen LogP contribution in [0.4, 0.5) is 5.82 Å². The standard InChI is InChI=1S/C22H25N5O/c1-15-14-28-12-11-27(15)20-13-18(16-5-3-2-4-6-16)17-7-9-23-22(21(17)25-20)19-8-10-24-26-19/h2-7,9,13,15,19,24,26H,8,10-12,14H2,1H3/t15-,19?/m1/s1. The molecule has 0 aliphatic carbocycles. The molecule has 3 aromatic rings. The molecule has 2 aliphatic heterocycles. The van der Waals surface area contributed by atoms with E-state index in [1.807, 2.05) is 6.20 Å². The summed E-state index contributed by atoms with van der Waals surface area (Å²) in [6.45, 7) is 5.45. The van der Waals surface area contributed by atoms with Crippen molar-refractivity contribution in [3.8, 4) is 11.1 Å². The van der Waals surface area contributed by atoms with Gasteiger partial charge in [-0.1, -0.05) is 30.3 Å². The van der Waals surface area contributed by atoms with Gasteiger partial charge in [-0.25, -0.2) is 10.4 Å². The molecule has 0 bridgehead atoms. The molecule has 0 saturated carbocycles. The molecule has 0 amide bonds. The van der Waals surface area contributed by atoms with E-state index in [1.165, 1.54) is 11.1 Å². The molecule has 2 aliphatic rings. The Morgan fingerprint density at radius 3 is 2.86 bits per heavy atom. The lowest BCUT2D eigenvalue weighted by Gasteiger charge is -2.34. The molecule has 0 radical (unpaired) electrons. The third-order valence-corrected chi connectivity index (χ3v) is 5.65. The van der Waals surface area contributed by atoms with Crippen molar-refractivity contribution in [2.45, 2.75) is 25.4 Å². The summed E-state index contributed by atoms with van der Waals surface area (Å²) in [5.74, 6) is 1.00. The Bertz CT molecular complexity index is 971. The first-order valence-electron chi connectivity index (χ1n) is 9.99. The Kier molecular flexibility index (Phi) is 4.68. The maximum absolute atomic E-state index is 5.64. The number of pyridine rings is 2. The third-order valence-electron chi connectivity index (χ3n) is 5.65. The lowest BCUT2D eigenvalue weighted by atomic mass is 9.99. The topological polar surface area (TPSA) is 62.3 Å². The molecule has 2 fully saturated rings. The van der Waals surface area contributed by atoms with Crippen molar-refractivity contribution in [1.82, 2.24) is 20.8 Å². The second kappa shape index (κ2) is 7.47. The highest BCUT2D eigenvalue weighted by Gasteiger charge is 2.25. The number of hydrogen-bond donors (Lipinski definition) is 2. The molecule has 1 aromatic carbocycles. The van der Waals surface area contributed by atoms with E-state index in [0.717, 1.165) is 55.1 Å². The third kappa shape index (κ3) is 3.13. The highest BCUT2D eigenvalue weighted by molar-refractivity contribution is 5.97. The zero-order chi connectivity index (χ0) is 18.9. The van der Waals surface area contributed by atoms with Crippen molar-refractivity contribution < 1.29 is 4.74 Å². The van der Waals surface area contributed by atoms with E-state index in [9.17, 15) is 0 Å². The largest absolute Gasteiger partial charge is 0.377 e. The van der Waals surface area contributed by atoms with Crippen molar-refractivity contribution in [3.63, 3.8) is 0 Å². The van der Waals surface area contributed by atoms with Crippen LogP contribution in [0.2, 0.25) is 0 Å². The van der Waals surface area contributed by atoms with Crippen LogP contribution in [0.5, 0.6) is 0 Å². The Balaban J connectivity index is 1.73. The monoisotopic (exact) mass is 375 g/mol. The molecule has 2 saturated heterocycles. The van der Waals surface area contributed by atoms with Crippen LogP contribution < -0.4 is 15.8 Å². The smallest absolute Gasteiger partial charge is 0.130 e. The Morgan fingerprint density at radius 1 is 1.18 bits per heavy atom. The van der Waals surface area contributed by atoms with Gasteiger partial charge in [0.05, 0.1) is 36.5 Å². The summed E-state index contributed by atoms with van der Waals surface area (Å²) in [7, 11) is 0. The fourth-order valence-electron chi connectivity index (χ4n) is 4.17. The molecule has 4 heterocycles. The Morgan fingerprint density at radius 2 is 2.07 bits per heavy atom. The summed E-state index contributed by atoms with van der Waals surface area (Å²) in [6.07, 6.45) is 2.91. The Hall–Kier alpha value is -2.54. The highest BCUT2D eigenvalue weighted by atomic mass is 16.5. The van der Waals surface area contributed by atoms with Gasteiger partial charge >= 0.3 is 0 Å². The van der Waals surface area contributed by atoms with Gasteiger partial charge in [0.1, 0.15) is 5.82 Å². The maximum Gasteiger partial charge on any atom is 0.130 e. The first-order valence-corrected chi connectivity index (χ1v) is 9.99. The molecule has 6 heteroatoms. The Labute approximate surface area is 164 Å². The van der Waals surface area contributed by atoms with E-state index in [-0.39, 0.29) is 6.04 Å². The normalized spacial score (nSPS) is 22.7. The van der Waals surface area contributed by atoms with E-state index in [0.29, 0.717) is 6.04 Å². The van der Waals surface area contributed by atoms with Gasteiger partial charge in [0.15, 0.2) is 0 Å². The predicted octanol–water partition coefficient (Wildman–Crippen LogP) is 3.06. The van der Waals surface area contributed by atoms with Gasteiger partial charge in [-0.15, -0.1) is 0 Å². The van der Waals surface area contributed by atoms with E-state index in [2.05, 4.69) is 65.1 Å². The molecule has 28 heavy (non-hydrogen) atoms. The first kappa shape index (κ1) is 17.6. The average Bonchev–Trinajstić information content (AvgIpc) is 3.28. The van der Waals surface area contributed by atoms with E-state index >= 15 is 0 Å². The number of fused-ring (bicyclic) bond motifs is 1. The quantitative estimate of drug-likeness (QED) is 0.734. The second-order valence-electron chi connectivity index (χ2n) is 7.52. The summed E-state index contributed by atoms with van der Waals surface area (Å²) in [5, 5.41) is 1.15. The SMILES string of the molecule is C[C@@H]1COCCN1c1cc(-c2ccccc2)c2ccnc(C3CCNN3)c2n1. The molecule has 144 valence electrons. The first-order chi connectivity index (χ1) is 13.8. The van der Waals surface area contributed by atoms with Gasteiger partial charge in [0, 0.05) is 24.7 Å². The van der Waals surface area contributed by atoms with Gasteiger partial charge < -0.3 is 9.64 Å². The van der Waals surface area contributed by atoms with Gasteiger partial charge in [-0.2, -0.15) is 0 Å². The molecule has 2 atom stereocenters. The van der Waals surface area contributed by atoms with Crippen LogP contribution in [-0.2, 0) is 4.74 Å². The maximum atomic E-state index is 5.64. The fourth-order valence-corrected chi connectivity index (χ4v) is 4.17.